The molecule has 0 aliphatic heterocycles. The average Bonchev–Trinajstić information content (AvgIpc) is 2.28. The first-order valence-electron chi connectivity index (χ1n) is 5.01. The molecule has 0 radical (unpaired) electrons. The number of carboxylic acids is 1. The Morgan fingerprint density at radius 3 is 2.56 bits per heavy atom. The van der Waals surface area contributed by atoms with Crippen molar-refractivity contribution >= 4 is 11.7 Å². The van der Waals surface area contributed by atoms with E-state index in [-0.39, 0.29) is 12.1 Å². The first kappa shape index (κ1) is 12.1. The maximum Gasteiger partial charge on any atom is 0.332 e. The van der Waals surface area contributed by atoms with Crippen LogP contribution in [0.4, 0.5) is 5.69 Å². The quantitative estimate of drug-likeness (QED) is 0.722. The Bertz CT molecular complexity index is 370. The van der Waals surface area contributed by atoms with Crippen molar-refractivity contribution < 1.29 is 14.6 Å². The third-order valence-corrected chi connectivity index (χ3v) is 1.97. The fourth-order valence-electron chi connectivity index (χ4n) is 1.12. The van der Waals surface area contributed by atoms with Crippen molar-refractivity contribution in [2.24, 2.45) is 0 Å². The number of anilines is 1. The van der Waals surface area contributed by atoms with Gasteiger partial charge in [-0.15, -0.1) is 0 Å². The Labute approximate surface area is 94.6 Å². The van der Waals surface area contributed by atoms with Crippen LogP contribution < -0.4 is 10.1 Å². The van der Waals surface area contributed by atoms with Gasteiger partial charge in [0.15, 0.2) is 0 Å². The van der Waals surface area contributed by atoms with Gasteiger partial charge in [0.2, 0.25) is 0 Å². The summed E-state index contributed by atoms with van der Waals surface area (Å²) in [6.45, 7) is 6.20. The van der Waals surface area contributed by atoms with Crippen LogP contribution in [0.15, 0.2) is 36.4 Å². The lowest BCUT2D eigenvalue weighted by Gasteiger charge is -2.07. The van der Waals surface area contributed by atoms with Gasteiger partial charge in [-0.25, -0.2) is 4.79 Å². The van der Waals surface area contributed by atoms with Crippen LogP contribution in [0, 0.1) is 0 Å². The van der Waals surface area contributed by atoms with Gasteiger partial charge >= 0.3 is 5.97 Å². The van der Waals surface area contributed by atoms with Crippen molar-refractivity contribution in [2.75, 3.05) is 18.5 Å². The molecule has 1 aromatic carbocycles. The summed E-state index contributed by atoms with van der Waals surface area (Å²) in [7, 11) is 0. The Morgan fingerprint density at radius 2 is 2.06 bits per heavy atom. The molecule has 86 valence electrons. The lowest BCUT2D eigenvalue weighted by atomic mass is 10.2. The van der Waals surface area contributed by atoms with Crippen LogP contribution in [0.3, 0.4) is 0 Å². The Hall–Kier alpha value is -1.97. The third kappa shape index (κ3) is 3.65. The second-order valence-corrected chi connectivity index (χ2v) is 3.22. The van der Waals surface area contributed by atoms with Crippen molar-refractivity contribution in [3.05, 3.63) is 36.4 Å². The van der Waals surface area contributed by atoms with Crippen molar-refractivity contribution in [1.29, 1.82) is 0 Å². The van der Waals surface area contributed by atoms with Gasteiger partial charge in [-0.1, -0.05) is 6.58 Å². The number of rotatable bonds is 6. The first-order chi connectivity index (χ1) is 7.63. The molecule has 0 unspecified atom stereocenters. The number of benzene rings is 1. The molecule has 0 aliphatic rings. The molecular weight excluding hydrogens is 206 g/mol. The summed E-state index contributed by atoms with van der Waals surface area (Å²) in [5, 5.41) is 11.6. The first-order valence-corrected chi connectivity index (χ1v) is 5.01. The van der Waals surface area contributed by atoms with Gasteiger partial charge in [-0.2, -0.15) is 0 Å². The number of carbonyl (C=O) groups is 1. The topological polar surface area (TPSA) is 58.6 Å². The monoisotopic (exact) mass is 221 g/mol. The highest BCUT2D eigenvalue weighted by molar-refractivity contribution is 5.86. The Balaban J connectivity index is 2.49. The summed E-state index contributed by atoms with van der Waals surface area (Å²) < 4.78 is 5.29. The number of aliphatic carboxylic acids is 1. The van der Waals surface area contributed by atoms with Gasteiger partial charge in [0, 0.05) is 17.8 Å². The molecule has 4 heteroatoms. The van der Waals surface area contributed by atoms with E-state index < -0.39 is 5.97 Å². The number of hydrogen-bond donors (Lipinski definition) is 2. The minimum absolute atomic E-state index is 0.133. The van der Waals surface area contributed by atoms with E-state index in [1.54, 1.807) is 0 Å². The largest absolute Gasteiger partial charge is 0.494 e. The van der Waals surface area contributed by atoms with Gasteiger partial charge in [0.05, 0.1) is 6.61 Å². The minimum Gasteiger partial charge on any atom is -0.494 e. The standard InChI is InChI=1S/C12H15NO3/c1-3-16-11-6-4-10(5-7-11)13-8-9(2)12(14)15/h4-7,13H,2-3,8H2,1H3,(H,14,15). The summed E-state index contributed by atoms with van der Waals surface area (Å²) in [6, 6.07) is 7.32. The summed E-state index contributed by atoms with van der Waals surface area (Å²) >= 11 is 0. The molecule has 0 bridgehead atoms. The molecule has 4 nitrogen and oxygen atoms in total. The number of ether oxygens (including phenoxy) is 1. The van der Waals surface area contributed by atoms with Gasteiger partial charge in [0.1, 0.15) is 5.75 Å². The van der Waals surface area contributed by atoms with Crippen LogP contribution in [0.5, 0.6) is 5.75 Å². The smallest absolute Gasteiger partial charge is 0.332 e. The molecule has 0 aromatic heterocycles. The number of nitrogens with one attached hydrogen (secondary N) is 1. The molecule has 0 spiro atoms. The summed E-state index contributed by atoms with van der Waals surface area (Å²) in [6.07, 6.45) is 0. The van der Waals surface area contributed by atoms with Crippen LogP contribution in [0.2, 0.25) is 0 Å². The number of hydrogen-bond acceptors (Lipinski definition) is 3. The Kier molecular flexibility index (Phi) is 4.39. The van der Waals surface area contributed by atoms with Crippen LogP contribution in [-0.4, -0.2) is 24.2 Å². The summed E-state index contributed by atoms with van der Waals surface area (Å²) in [5.41, 5.74) is 0.972. The SMILES string of the molecule is C=C(CNc1ccc(OCC)cc1)C(=O)O. The van der Waals surface area contributed by atoms with Gasteiger partial charge in [-0.05, 0) is 31.2 Å². The normalized spacial score (nSPS) is 9.56. The highest BCUT2D eigenvalue weighted by atomic mass is 16.5. The lowest BCUT2D eigenvalue weighted by Crippen LogP contribution is -2.11. The van der Waals surface area contributed by atoms with Crippen LogP contribution >= 0.6 is 0 Å². The van der Waals surface area contributed by atoms with Gasteiger partial charge < -0.3 is 15.2 Å². The molecule has 0 fully saturated rings. The van der Waals surface area contributed by atoms with E-state index in [1.165, 1.54) is 0 Å². The second kappa shape index (κ2) is 5.80. The van der Waals surface area contributed by atoms with Crippen molar-refractivity contribution in [1.82, 2.24) is 0 Å². The highest BCUT2D eigenvalue weighted by Gasteiger charge is 2.02. The molecule has 0 heterocycles. The third-order valence-electron chi connectivity index (χ3n) is 1.97. The van der Waals surface area contributed by atoms with Crippen LogP contribution in [0.1, 0.15) is 6.92 Å². The predicted molar refractivity (Wildman–Crippen MR) is 62.9 cm³/mol. The highest BCUT2D eigenvalue weighted by Crippen LogP contribution is 2.15. The molecule has 0 atom stereocenters. The van der Waals surface area contributed by atoms with Crippen LogP contribution in [-0.2, 0) is 4.79 Å². The van der Waals surface area contributed by atoms with Crippen molar-refractivity contribution in [2.45, 2.75) is 6.92 Å². The molecule has 2 N–H and O–H groups in total. The zero-order valence-corrected chi connectivity index (χ0v) is 9.19. The molecule has 16 heavy (non-hydrogen) atoms. The molecule has 0 saturated carbocycles. The van der Waals surface area contributed by atoms with E-state index in [0.29, 0.717) is 6.61 Å². The molecule has 1 rings (SSSR count). The maximum atomic E-state index is 10.5. The van der Waals surface area contributed by atoms with Crippen LogP contribution in [0.25, 0.3) is 0 Å². The van der Waals surface area contributed by atoms with E-state index in [0.717, 1.165) is 11.4 Å². The molecule has 1 aromatic rings. The zero-order chi connectivity index (χ0) is 12.0. The lowest BCUT2D eigenvalue weighted by molar-refractivity contribution is -0.132. The zero-order valence-electron chi connectivity index (χ0n) is 9.19. The van der Waals surface area contributed by atoms with Crippen molar-refractivity contribution in [3.63, 3.8) is 0 Å². The molecule has 0 aliphatic carbocycles. The minimum atomic E-state index is -0.988. The maximum absolute atomic E-state index is 10.5. The Morgan fingerprint density at radius 1 is 1.44 bits per heavy atom. The summed E-state index contributed by atoms with van der Waals surface area (Å²) in [4.78, 5) is 10.5. The molecular formula is C12H15NO3. The van der Waals surface area contributed by atoms with E-state index in [2.05, 4.69) is 11.9 Å². The molecule has 0 saturated heterocycles. The fourth-order valence-corrected chi connectivity index (χ4v) is 1.12. The fraction of sp³-hybridized carbons (Fsp3) is 0.250. The van der Waals surface area contributed by atoms with E-state index in [9.17, 15) is 4.79 Å². The van der Waals surface area contributed by atoms with E-state index in [4.69, 9.17) is 9.84 Å². The average molecular weight is 221 g/mol. The van der Waals surface area contributed by atoms with Crippen molar-refractivity contribution in [3.8, 4) is 5.75 Å². The second-order valence-electron chi connectivity index (χ2n) is 3.22. The summed E-state index contributed by atoms with van der Waals surface area (Å²) in [5.74, 6) is -0.191. The van der Waals surface area contributed by atoms with Gasteiger partial charge in [0.25, 0.3) is 0 Å². The van der Waals surface area contributed by atoms with E-state index >= 15 is 0 Å². The van der Waals surface area contributed by atoms with Gasteiger partial charge in [-0.3, -0.25) is 0 Å². The number of carboxylic acid groups (broad SMARTS) is 1. The van der Waals surface area contributed by atoms with E-state index in [1.807, 2.05) is 31.2 Å². The predicted octanol–water partition coefficient (Wildman–Crippen LogP) is 2.14. The molecule has 0 amide bonds.